The van der Waals surface area contributed by atoms with E-state index in [-0.39, 0.29) is 17.9 Å². The molecular weight excluding hydrogens is 456 g/mol. The number of carbonyl (C=O) groups is 3. The summed E-state index contributed by atoms with van der Waals surface area (Å²) in [7, 11) is 1.81. The normalized spacial score (nSPS) is 17.0. The summed E-state index contributed by atoms with van der Waals surface area (Å²) in [5.41, 5.74) is 3.57. The van der Waals surface area contributed by atoms with Crippen LogP contribution in [-0.4, -0.2) is 39.2 Å². The number of nitrogens with one attached hydrogen (secondary N) is 2. The summed E-state index contributed by atoms with van der Waals surface area (Å²) in [6.07, 6.45) is 5.88. The van der Waals surface area contributed by atoms with Crippen LogP contribution in [0.15, 0.2) is 48.5 Å². The summed E-state index contributed by atoms with van der Waals surface area (Å²) in [6.45, 7) is 7.89. The fraction of sp³-hybridized carbons (Fsp3) is 0.429. The number of hydrogen-bond acceptors (Lipinski definition) is 4. The van der Waals surface area contributed by atoms with Gasteiger partial charge in [-0.05, 0) is 69.2 Å². The van der Waals surface area contributed by atoms with Crippen LogP contribution in [0.3, 0.4) is 0 Å². The van der Waals surface area contributed by atoms with Crippen LogP contribution in [0.2, 0.25) is 0 Å². The van der Waals surface area contributed by atoms with Gasteiger partial charge < -0.3 is 15.7 Å². The van der Waals surface area contributed by atoms with Gasteiger partial charge in [0.25, 0.3) is 12.4 Å². The fourth-order valence-corrected chi connectivity index (χ4v) is 4.22. The van der Waals surface area contributed by atoms with E-state index < -0.39 is 0 Å². The predicted molar refractivity (Wildman–Crippen MR) is 143 cm³/mol. The van der Waals surface area contributed by atoms with Crippen molar-refractivity contribution in [1.82, 2.24) is 15.1 Å². The third kappa shape index (κ3) is 8.52. The molecule has 3 aromatic rings. The molecule has 0 saturated heterocycles. The molecule has 36 heavy (non-hydrogen) atoms. The quantitative estimate of drug-likeness (QED) is 0.423. The van der Waals surface area contributed by atoms with Gasteiger partial charge in [0.2, 0.25) is 6.41 Å². The number of fused-ring (bicyclic) bond motifs is 1. The molecule has 3 N–H and O–H groups in total. The van der Waals surface area contributed by atoms with Crippen LogP contribution in [0.5, 0.6) is 0 Å². The highest BCUT2D eigenvalue weighted by Gasteiger charge is 2.20. The van der Waals surface area contributed by atoms with Crippen molar-refractivity contribution < 1.29 is 19.5 Å². The lowest BCUT2D eigenvalue weighted by Gasteiger charge is -2.26. The van der Waals surface area contributed by atoms with E-state index in [9.17, 15) is 9.59 Å². The summed E-state index contributed by atoms with van der Waals surface area (Å²) >= 11 is 0. The third-order valence-corrected chi connectivity index (χ3v) is 6.10. The van der Waals surface area contributed by atoms with Gasteiger partial charge in [0.05, 0.1) is 5.52 Å². The molecule has 8 nitrogen and oxygen atoms in total. The van der Waals surface area contributed by atoms with Crippen molar-refractivity contribution in [3.63, 3.8) is 0 Å². The fourth-order valence-electron chi connectivity index (χ4n) is 4.22. The van der Waals surface area contributed by atoms with Crippen LogP contribution in [-0.2, 0) is 16.6 Å². The number of hydrogen-bond donors (Lipinski definition) is 3. The lowest BCUT2D eigenvalue weighted by atomic mass is 9.79. The number of anilines is 1. The van der Waals surface area contributed by atoms with Crippen LogP contribution in [0, 0.1) is 5.92 Å². The minimum absolute atomic E-state index is 0.0677. The Kier molecular flexibility index (Phi) is 10.6. The average molecular weight is 495 g/mol. The maximum Gasteiger partial charge on any atom is 0.290 e. The molecule has 0 atom stereocenters. The Labute approximate surface area is 213 Å². The van der Waals surface area contributed by atoms with E-state index in [1.165, 1.54) is 31.2 Å². The molecule has 1 aliphatic rings. The molecule has 1 heterocycles. The van der Waals surface area contributed by atoms with Gasteiger partial charge in [-0.25, -0.2) is 0 Å². The van der Waals surface area contributed by atoms with E-state index in [0.717, 1.165) is 22.5 Å². The second-order valence-electron chi connectivity index (χ2n) is 10.1. The van der Waals surface area contributed by atoms with Crippen molar-refractivity contribution >= 4 is 35.4 Å². The van der Waals surface area contributed by atoms with Gasteiger partial charge in [-0.2, -0.15) is 5.10 Å². The van der Waals surface area contributed by atoms with Crippen molar-refractivity contribution in [2.24, 2.45) is 13.0 Å². The molecule has 0 radical (unpaired) electrons. The van der Waals surface area contributed by atoms with E-state index in [2.05, 4.69) is 34.8 Å². The monoisotopic (exact) mass is 494 g/mol. The Morgan fingerprint density at radius 2 is 1.61 bits per heavy atom. The smallest absolute Gasteiger partial charge is 0.290 e. The van der Waals surface area contributed by atoms with Crippen LogP contribution >= 0.6 is 0 Å². The molecule has 0 bridgehead atoms. The molecule has 0 spiro atoms. The van der Waals surface area contributed by atoms with Gasteiger partial charge in [0, 0.05) is 23.7 Å². The number of benzene rings is 2. The Morgan fingerprint density at radius 3 is 2.14 bits per heavy atom. The van der Waals surface area contributed by atoms with Gasteiger partial charge in [0.1, 0.15) is 5.69 Å². The van der Waals surface area contributed by atoms with Gasteiger partial charge in [-0.3, -0.25) is 19.1 Å². The number of aryl methyl sites for hydroxylation is 1. The van der Waals surface area contributed by atoms with E-state index in [0.29, 0.717) is 18.0 Å². The van der Waals surface area contributed by atoms with E-state index in [4.69, 9.17) is 9.90 Å². The van der Waals surface area contributed by atoms with Crippen LogP contribution in [0.25, 0.3) is 10.9 Å². The van der Waals surface area contributed by atoms with Crippen LogP contribution in [0.4, 0.5) is 5.69 Å². The van der Waals surface area contributed by atoms with E-state index in [1.54, 1.807) is 4.68 Å². The molecule has 2 amide bonds. The minimum atomic E-state index is -0.250. The van der Waals surface area contributed by atoms with Crippen molar-refractivity contribution in [2.75, 3.05) is 5.32 Å². The van der Waals surface area contributed by atoms with E-state index in [1.807, 2.05) is 64.2 Å². The first-order valence-electron chi connectivity index (χ1n) is 12.2. The van der Waals surface area contributed by atoms with Crippen molar-refractivity contribution in [3.8, 4) is 0 Å². The molecule has 0 aliphatic heterocycles. The van der Waals surface area contributed by atoms with Crippen LogP contribution < -0.4 is 10.6 Å². The molecule has 2 aromatic carbocycles. The Hall–Kier alpha value is -3.68. The highest BCUT2D eigenvalue weighted by molar-refractivity contribution is 6.11. The summed E-state index contributed by atoms with van der Waals surface area (Å²) in [4.78, 5) is 30.8. The lowest BCUT2D eigenvalue weighted by molar-refractivity contribution is -0.122. The molecule has 1 aliphatic carbocycles. The summed E-state index contributed by atoms with van der Waals surface area (Å²) in [6, 6.07) is 16.1. The zero-order chi connectivity index (χ0) is 26.7. The molecule has 1 fully saturated rings. The van der Waals surface area contributed by atoms with Crippen molar-refractivity contribution in [1.29, 1.82) is 0 Å². The van der Waals surface area contributed by atoms with Gasteiger partial charge >= 0.3 is 0 Å². The Balaban J connectivity index is 0.000000391. The summed E-state index contributed by atoms with van der Waals surface area (Å²) in [5.74, 6) is 1.40. The highest BCUT2D eigenvalue weighted by Crippen LogP contribution is 2.35. The first kappa shape index (κ1) is 28.6. The second kappa shape index (κ2) is 13.4. The third-order valence-electron chi connectivity index (χ3n) is 6.10. The highest BCUT2D eigenvalue weighted by atomic mass is 16.3. The zero-order valence-electron chi connectivity index (χ0n) is 21.8. The van der Waals surface area contributed by atoms with Crippen LogP contribution in [0.1, 0.15) is 75.3 Å². The molecule has 194 valence electrons. The van der Waals surface area contributed by atoms with Gasteiger partial charge in [-0.15, -0.1) is 0 Å². The maximum atomic E-state index is 12.8. The maximum absolute atomic E-state index is 12.8. The predicted octanol–water partition coefficient (Wildman–Crippen LogP) is 5.35. The first-order chi connectivity index (χ1) is 17.1. The van der Waals surface area contributed by atoms with Gasteiger partial charge in [-0.1, -0.05) is 50.1 Å². The molecule has 8 heteroatoms. The molecule has 0 unspecified atom stereocenters. The van der Waals surface area contributed by atoms with Crippen molar-refractivity contribution in [3.05, 3.63) is 59.8 Å². The number of rotatable bonds is 4. The number of nitrogens with zero attached hydrogens (tertiary/aromatic N) is 2. The zero-order valence-corrected chi connectivity index (χ0v) is 21.8. The number of amides is 2. The SMILES string of the molecule is CC(C)(C)NC=O.CC1CCC(c2ccc(NC(=O)c3c4ccccc4nn3C)cc2)CC1.O=CO. The number of carbonyl (C=O) groups excluding carboxylic acids is 2. The molecular formula is C28H38N4O4. The second-order valence-corrected chi connectivity index (χ2v) is 10.1. The largest absolute Gasteiger partial charge is 0.483 e. The Morgan fingerprint density at radius 1 is 1.03 bits per heavy atom. The number of aromatic nitrogens is 2. The lowest BCUT2D eigenvalue weighted by Crippen LogP contribution is -2.34. The Bertz CT molecular complexity index is 1120. The van der Waals surface area contributed by atoms with Crippen molar-refractivity contribution in [2.45, 2.75) is 64.8 Å². The minimum Gasteiger partial charge on any atom is -0.483 e. The standard InChI is InChI=1S/C22H25N3O.C5H11NO.CH2O2/c1-15-7-9-16(10-8-15)17-11-13-18(14-12-17)23-22(26)21-19-5-3-4-6-20(19)24-25(21)2;1-5(2,3)6-4-7;2-1-3/h3-6,11-16H,7-10H2,1-2H3,(H,23,26);4H,1-3H3,(H,6,7);1H,(H,2,3). The number of carboxylic acid groups (broad SMARTS) is 1. The molecule has 4 rings (SSSR count). The first-order valence-corrected chi connectivity index (χ1v) is 12.2. The topological polar surface area (TPSA) is 113 Å². The summed E-state index contributed by atoms with van der Waals surface area (Å²) in [5, 5.41) is 17.8. The molecule has 1 saturated carbocycles. The average Bonchev–Trinajstić information content (AvgIpc) is 3.16. The summed E-state index contributed by atoms with van der Waals surface area (Å²) < 4.78 is 1.65. The van der Waals surface area contributed by atoms with Gasteiger partial charge in [0.15, 0.2) is 0 Å². The van der Waals surface area contributed by atoms with E-state index >= 15 is 0 Å². The molecule has 1 aromatic heterocycles.